The van der Waals surface area contributed by atoms with Gasteiger partial charge in [-0.15, -0.1) is 0 Å². The molecule has 2 amide bonds. The van der Waals surface area contributed by atoms with Crippen molar-refractivity contribution in [2.75, 3.05) is 25.0 Å². The highest BCUT2D eigenvalue weighted by atomic mass is 16.2. The highest BCUT2D eigenvalue weighted by Crippen LogP contribution is 2.25. The Kier molecular flexibility index (Phi) is 4.26. The normalized spacial score (nSPS) is 24.6. The van der Waals surface area contributed by atoms with Crippen molar-refractivity contribution < 1.29 is 4.79 Å². The zero-order valence-electron chi connectivity index (χ0n) is 14.0. The van der Waals surface area contributed by atoms with Gasteiger partial charge in [0.15, 0.2) is 5.82 Å². The Morgan fingerprint density at radius 3 is 2.96 bits per heavy atom. The predicted octanol–water partition coefficient (Wildman–Crippen LogP) is 2.04. The number of fused-ring (bicyclic) bond motifs is 1. The van der Waals surface area contributed by atoms with Gasteiger partial charge in [-0.1, -0.05) is 0 Å². The fraction of sp³-hybridized carbons (Fsp3) is 0.688. The quantitative estimate of drug-likeness (QED) is 0.905. The number of piperazine rings is 1. The van der Waals surface area contributed by atoms with E-state index in [1.807, 2.05) is 18.7 Å². The molecule has 0 aliphatic carbocycles. The van der Waals surface area contributed by atoms with Crippen molar-refractivity contribution in [2.45, 2.75) is 51.7 Å². The SMILES string of the molecule is CC(C)n1cc(C#N)c(NC(=O)N2C[C@@H]3CCCN3C[C@@H]2C)n1. The van der Waals surface area contributed by atoms with Gasteiger partial charge < -0.3 is 4.90 Å². The Balaban J connectivity index is 1.73. The van der Waals surface area contributed by atoms with E-state index in [4.69, 9.17) is 0 Å². The van der Waals surface area contributed by atoms with Crippen LogP contribution in [0.25, 0.3) is 0 Å². The van der Waals surface area contributed by atoms with Crippen LogP contribution in [0.1, 0.15) is 45.2 Å². The molecule has 3 heterocycles. The molecule has 0 saturated carbocycles. The lowest BCUT2D eigenvalue weighted by Crippen LogP contribution is -2.57. The molecule has 0 bridgehead atoms. The Morgan fingerprint density at radius 2 is 2.26 bits per heavy atom. The average molecular weight is 316 g/mol. The van der Waals surface area contributed by atoms with E-state index < -0.39 is 0 Å². The van der Waals surface area contributed by atoms with Crippen molar-refractivity contribution in [3.63, 3.8) is 0 Å². The fourth-order valence-corrected chi connectivity index (χ4v) is 3.47. The van der Waals surface area contributed by atoms with E-state index in [2.05, 4.69) is 28.3 Å². The third-order valence-corrected chi connectivity index (χ3v) is 4.81. The molecule has 1 N–H and O–H groups in total. The highest BCUT2D eigenvalue weighted by molar-refractivity contribution is 5.89. The van der Waals surface area contributed by atoms with Gasteiger partial charge in [0, 0.05) is 37.4 Å². The summed E-state index contributed by atoms with van der Waals surface area (Å²) in [6.45, 7) is 8.86. The number of hydrogen-bond donors (Lipinski definition) is 1. The smallest absolute Gasteiger partial charge is 0.319 e. The number of urea groups is 1. The first-order valence-electron chi connectivity index (χ1n) is 8.30. The lowest BCUT2D eigenvalue weighted by molar-refractivity contribution is 0.0861. The summed E-state index contributed by atoms with van der Waals surface area (Å²) in [6.07, 6.45) is 4.05. The van der Waals surface area contributed by atoms with Crippen LogP contribution >= 0.6 is 0 Å². The molecule has 2 fully saturated rings. The minimum absolute atomic E-state index is 0.147. The summed E-state index contributed by atoms with van der Waals surface area (Å²) in [5, 5.41) is 16.4. The Morgan fingerprint density at radius 1 is 1.48 bits per heavy atom. The summed E-state index contributed by atoms with van der Waals surface area (Å²) in [5.74, 6) is 0.354. The molecule has 3 rings (SSSR count). The standard InChI is InChI=1S/C16H24N6O/c1-11(2)22-9-13(7-17)15(19-22)18-16(23)21-10-14-5-4-6-20(14)8-12(21)3/h9,11-12,14H,4-6,8,10H2,1-3H3,(H,18,19,23)/t12-,14-/m0/s1. The van der Waals surface area contributed by atoms with Crippen molar-refractivity contribution in [3.05, 3.63) is 11.8 Å². The van der Waals surface area contributed by atoms with Crippen LogP contribution in [0.5, 0.6) is 0 Å². The minimum Gasteiger partial charge on any atom is -0.319 e. The maximum atomic E-state index is 12.7. The summed E-state index contributed by atoms with van der Waals surface area (Å²) in [4.78, 5) is 17.0. The summed E-state index contributed by atoms with van der Waals surface area (Å²) in [5.41, 5.74) is 0.402. The molecule has 2 aliphatic heterocycles. The number of rotatable bonds is 2. The van der Waals surface area contributed by atoms with Crippen LogP contribution in [-0.4, -0.2) is 57.3 Å². The second kappa shape index (κ2) is 6.20. The number of anilines is 1. The number of nitriles is 1. The molecule has 2 saturated heterocycles. The molecule has 2 atom stereocenters. The molecule has 23 heavy (non-hydrogen) atoms. The Labute approximate surface area is 136 Å². The zero-order chi connectivity index (χ0) is 16.6. The molecule has 1 aromatic rings. The molecule has 0 aromatic carbocycles. The fourth-order valence-electron chi connectivity index (χ4n) is 3.47. The van der Waals surface area contributed by atoms with Crippen molar-refractivity contribution >= 4 is 11.8 Å². The molecular weight excluding hydrogens is 292 g/mol. The van der Waals surface area contributed by atoms with Gasteiger partial charge in [0.05, 0.1) is 0 Å². The number of aromatic nitrogens is 2. The highest BCUT2D eigenvalue weighted by Gasteiger charge is 2.36. The molecule has 0 unspecified atom stereocenters. The second-order valence-corrected chi connectivity index (χ2v) is 6.80. The summed E-state index contributed by atoms with van der Waals surface area (Å²) in [7, 11) is 0. The summed E-state index contributed by atoms with van der Waals surface area (Å²) >= 11 is 0. The largest absolute Gasteiger partial charge is 0.323 e. The van der Waals surface area contributed by atoms with Crippen molar-refractivity contribution in [1.82, 2.24) is 19.6 Å². The molecule has 1 aromatic heterocycles. The van der Waals surface area contributed by atoms with Crippen LogP contribution in [0.3, 0.4) is 0 Å². The number of nitrogens with one attached hydrogen (secondary N) is 1. The lowest BCUT2D eigenvalue weighted by Gasteiger charge is -2.42. The summed E-state index contributed by atoms with van der Waals surface area (Å²) in [6, 6.07) is 2.73. The Hall–Kier alpha value is -2.07. The average Bonchev–Trinajstić information content (AvgIpc) is 3.12. The van der Waals surface area contributed by atoms with Gasteiger partial charge >= 0.3 is 6.03 Å². The molecule has 124 valence electrons. The molecule has 7 heteroatoms. The van der Waals surface area contributed by atoms with Crippen LogP contribution in [0.4, 0.5) is 10.6 Å². The van der Waals surface area contributed by atoms with E-state index in [1.54, 1.807) is 10.9 Å². The van der Waals surface area contributed by atoms with Crippen LogP contribution in [-0.2, 0) is 0 Å². The van der Waals surface area contributed by atoms with Crippen molar-refractivity contribution in [2.24, 2.45) is 0 Å². The van der Waals surface area contributed by atoms with Crippen LogP contribution < -0.4 is 5.32 Å². The minimum atomic E-state index is -0.158. The van der Waals surface area contributed by atoms with E-state index in [0.29, 0.717) is 17.4 Å². The Bertz CT molecular complexity index is 631. The molecule has 2 aliphatic rings. The number of amides is 2. The first kappa shape index (κ1) is 15.8. The second-order valence-electron chi connectivity index (χ2n) is 6.80. The van der Waals surface area contributed by atoms with Gasteiger partial charge in [0.1, 0.15) is 11.6 Å². The number of hydrogen-bond acceptors (Lipinski definition) is 4. The van der Waals surface area contributed by atoms with Gasteiger partial charge in [-0.2, -0.15) is 10.4 Å². The number of carbonyl (C=O) groups excluding carboxylic acids is 1. The predicted molar refractivity (Wildman–Crippen MR) is 87.1 cm³/mol. The van der Waals surface area contributed by atoms with E-state index >= 15 is 0 Å². The van der Waals surface area contributed by atoms with E-state index in [0.717, 1.165) is 26.1 Å². The van der Waals surface area contributed by atoms with Gasteiger partial charge in [0.25, 0.3) is 0 Å². The molecular formula is C16H24N6O. The van der Waals surface area contributed by atoms with E-state index in [-0.39, 0.29) is 18.1 Å². The maximum Gasteiger partial charge on any atom is 0.323 e. The molecule has 0 radical (unpaired) electrons. The van der Waals surface area contributed by atoms with Crippen molar-refractivity contribution in [1.29, 1.82) is 5.26 Å². The van der Waals surface area contributed by atoms with Gasteiger partial charge in [-0.3, -0.25) is 14.9 Å². The van der Waals surface area contributed by atoms with Crippen LogP contribution in [0, 0.1) is 11.3 Å². The third-order valence-electron chi connectivity index (χ3n) is 4.81. The maximum absolute atomic E-state index is 12.7. The van der Waals surface area contributed by atoms with Gasteiger partial charge in [-0.25, -0.2) is 4.79 Å². The number of carbonyl (C=O) groups is 1. The monoisotopic (exact) mass is 316 g/mol. The topological polar surface area (TPSA) is 77.2 Å². The first-order chi connectivity index (χ1) is 11.0. The van der Waals surface area contributed by atoms with Crippen LogP contribution in [0.2, 0.25) is 0 Å². The lowest BCUT2D eigenvalue weighted by atomic mass is 10.1. The van der Waals surface area contributed by atoms with E-state index in [1.165, 1.54) is 6.42 Å². The molecule has 0 spiro atoms. The third kappa shape index (κ3) is 3.04. The van der Waals surface area contributed by atoms with Gasteiger partial charge in [-0.05, 0) is 40.2 Å². The van der Waals surface area contributed by atoms with Crippen molar-refractivity contribution in [3.8, 4) is 6.07 Å². The zero-order valence-corrected chi connectivity index (χ0v) is 14.0. The summed E-state index contributed by atoms with van der Waals surface area (Å²) < 4.78 is 1.70. The van der Waals surface area contributed by atoms with Gasteiger partial charge in [0.2, 0.25) is 0 Å². The first-order valence-corrected chi connectivity index (χ1v) is 8.30. The molecule has 7 nitrogen and oxygen atoms in total. The van der Waals surface area contributed by atoms with E-state index in [9.17, 15) is 10.1 Å². The number of nitrogens with zero attached hydrogens (tertiary/aromatic N) is 5. The van der Waals surface area contributed by atoms with Crippen LogP contribution in [0.15, 0.2) is 6.20 Å².